The third-order valence-electron chi connectivity index (χ3n) is 2.84. The SMILES string of the molecule is CCC(Sc1cc(C)ncn1)C(=O)Nc1ccc(O)cc1. The van der Waals surface area contributed by atoms with Crippen LogP contribution in [0.1, 0.15) is 19.0 Å². The Bertz CT molecular complexity index is 617. The molecule has 2 N–H and O–H groups in total. The number of anilines is 1. The van der Waals surface area contributed by atoms with Gasteiger partial charge in [-0.05, 0) is 43.7 Å². The zero-order chi connectivity index (χ0) is 15.2. The van der Waals surface area contributed by atoms with Gasteiger partial charge >= 0.3 is 0 Å². The van der Waals surface area contributed by atoms with Crippen molar-refractivity contribution >= 4 is 23.4 Å². The summed E-state index contributed by atoms with van der Waals surface area (Å²) in [5.74, 6) is 0.0929. The normalized spacial score (nSPS) is 11.9. The molecule has 0 aliphatic rings. The van der Waals surface area contributed by atoms with Gasteiger partial charge in [0.2, 0.25) is 5.91 Å². The Kier molecular flexibility index (Phi) is 5.16. The molecule has 0 aliphatic carbocycles. The van der Waals surface area contributed by atoms with Gasteiger partial charge in [0.05, 0.1) is 5.25 Å². The quantitative estimate of drug-likeness (QED) is 0.504. The van der Waals surface area contributed by atoms with Gasteiger partial charge in [-0.3, -0.25) is 4.79 Å². The van der Waals surface area contributed by atoms with E-state index in [0.29, 0.717) is 12.1 Å². The highest BCUT2D eigenvalue weighted by Gasteiger charge is 2.18. The maximum Gasteiger partial charge on any atom is 0.237 e. The summed E-state index contributed by atoms with van der Waals surface area (Å²) in [6, 6.07) is 8.27. The molecule has 1 unspecified atom stereocenters. The number of carbonyl (C=O) groups is 1. The molecule has 0 saturated heterocycles. The number of hydrogen-bond acceptors (Lipinski definition) is 5. The number of nitrogens with zero attached hydrogens (tertiary/aromatic N) is 2. The van der Waals surface area contributed by atoms with E-state index < -0.39 is 0 Å². The first-order valence-electron chi connectivity index (χ1n) is 6.63. The molecule has 2 rings (SSSR count). The minimum Gasteiger partial charge on any atom is -0.508 e. The highest BCUT2D eigenvalue weighted by atomic mass is 32.2. The Morgan fingerprint density at radius 2 is 2.05 bits per heavy atom. The summed E-state index contributed by atoms with van der Waals surface area (Å²) in [5, 5.41) is 12.6. The van der Waals surface area contributed by atoms with Crippen molar-refractivity contribution in [3.8, 4) is 5.75 Å². The minimum absolute atomic E-state index is 0.0792. The maximum absolute atomic E-state index is 12.3. The maximum atomic E-state index is 12.3. The standard InChI is InChI=1S/C15H17N3O2S/c1-3-13(21-14-8-10(2)16-9-17-14)15(20)18-11-4-6-12(19)7-5-11/h4-9,13,19H,3H2,1-2H3,(H,18,20). The second-order valence-electron chi connectivity index (χ2n) is 4.55. The molecule has 2 aromatic rings. The van der Waals surface area contributed by atoms with Gasteiger partial charge < -0.3 is 10.4 Å². The molecule has 5 nitrogen and oxygen atoms in total. The number of thioether (sulfide) groups is 1. The average Bonchev–Trinajstić information content (AvgIpc) is 2.47. The van der Waals surface area contributed by atoms with Gasteiger partial charge in [-0.2, -0.15) is 0 Å². The second kappa shape index (κ2) is 7.08. The van der Waals surface area contributed by atoms with Crippen molar-refractivity contribution in [3.05, 3.63) is 42.4 Å². The van der Waals surface area contributed by atoms with Crippen LogP contribution in [-0.4, -0.2) is 26.2 Å². The molecular formula is C15H17N3O2S. The summed E-state index contributed by atoms with van der Waals surface area (Å²) >= 11 is 1.42. The van der Waals surface area contributed by atoms with E-state index in [2.05, 4.69) is 15.3 Å². The molecule has 0 aliphatic heterocycles. The molecule has 0 spiro atoms. The molecule has 1 aromatic carbocycles. The van der Waals surface area contributed by atoms with Crippen LogP contribution < -0.4 is 5.32 Å². The van der Waals surface area contributed by atoms with Gasteiger partial charge in [-0.1, -0.05) is 18.7 Å². The molecule has 0 bridgehead atoms. The number of phenols is 1. The van der Waals surface area contributed by atoms with E-state index in [4.69, 9.17) is 0 Å². The number of carbonyl (C=O) groups excluding carboxylic acids is 1. The summed E-state index contributed by atoms with van der Waals surface area (Å²) < 4.78 is 0. The van der Waals surface area contributed by atoms with Crippen LogP contribution in [0.15, 0.2) is 41.7 Å². The molecule has 6 heteroatoms. The molecule has 21 heavy (non-hydrogen) atoms. The van der Waals surface area contributed by atoms with Crippen molar-refractivity contribution in [3.63, 3.8) is 0 Å². The lowest BCUT2D eigenvalue weighted by Gasteiger charge is -2.14. The predicted molar refractivity (Wildman–Crippen MR) is 83.4 cm³/mol. The van der Waals surface area contributed by atoms with Crippen LogP contribution in [0.2, 0.25) is 0 Å². The molecule has 110 valence electrons. The lowest BCUT2D eigenvalue weighted by atomic mass is 10.2. The fraction of sp³-hybridized carbons (Fsp3) is 0.267. The Morgan fingerprint density at radius 1 is 1.33 bits per heavy atom. The number of aromatic nitrogens is 2. The van der Waals surface area contributed by atoms with Crippen LogP contribution in [-0.2, 0) is 4.79 Å². The highest BCUT2D eigenvalue weighted by Crippen LogP contribution is 2.25. The van der Waals surface area contributed by atoms with Crippen molar-refractivity contribution in [1.29, 1.82) is 0 Å². The summed E-state index contributed by atoms with van der Waals surface area (Å²) in [6.45, 7) is 3.85. The Labute approximate surface area is 127 Å². The van der Waals surface area contributed by atoms with Crippen molar-refractivity contribution in [1.82, 2.24) is 9.97 Å². The first-order chi connectivity index (χ1) is 10.1. The number of phenolic OH excluding ortho intramolecular Hbond substituents is 1. The zero-order valence-electron chi connectivity index (χ0n) is 11.9. The van der Waals surface area contributed by atoms with Gasteiger partial charge in [0.15, 0.2) is 0 Å². The van der Waals surface area contributed by atoms with E-state index in [1.54, 1.807) is 12.1 Å². The summed E-state index contributed by atoms with van der Waals surface area (Å²) in [5.41, 5.74) is 1.54. The first-order valence-corrected chi connectivity index (χ1v) is 7.51. The van der Waals surface area contributed by atoms with Gasteiger partial charge in [-0.25, -0.2) is 9.97 Å². The Morgan fingerprint density at radius 3 is 2.67 bits per heavy atom. The van der Waals surface area contributed by atoms with Crippen molar-refractivity contribution in [2.24, 2.45) is 0 Å². The van der Waals surface area contributed by atoms with E-state index in [-0.39, 0.29) is 16.9 Å². The Balaban J connectivity index is 2.03. The van der Waals surface area contributed by atoms with Crippen LogP contribution in [0.25, 0.3) is 0 Å². The van der Waals surface area contributed by atoms with Gasteiger partial charge in [0, 0.05) is 11.4 Å². The third kappa shape index (κ3) is 4.46. The summed E-state index contributed by atoms with van der Waals surface area (Å²) in [6.07, 6.45) is 2.19. The lowest BCUT2D eigenvalue weighted by Crippen LogP contribution is -2.24. The van der Waals surface area contributed by atoms with E-state index in [9.17, 15) is 9.90 Å². The highest BCUT2D eigenvalue weighted by molar-refractivity contribution is 8.00. The Hall–Kier alpha value is -2.08. The summed E-state index contributed by atoms with van der Waals surface area (Å²) in [4.78, 5) is 20.5. The monoisotopic (exact) mass is 303 g/mol. The van der Waals surface area contributed by atoms with Gasteiger partial charge in [0.1, 0.15) is 17.1 Å². The van der Waals surface area contributed by atoms with E-state index >= 15 is 0 Å². The minimum atomic E-state index is -0.229. The van der Waals surface area contributed by atoms with Crippen LogP contribution in [0.3, 0.4) is 0 Å². The number of benzene rings is 1. The molecule has 1 amide bonds. The van der Waals surface area contributed by atoms with Crippen LogP contribution in [0.4, 0.5) is 5.69 Å². The molecule has 1 atom stereocenters. The topological polar surface area (TPSA) is 75.1 Å². The number of rotatable bonds is 5. The van der Waals surface area contributed by atoms with Gasteiger partial charge in [-0.15, -0.1) is 0 Å². The molecule has 0 fully saturated rings. The lowest BCUT2D eigenvalue weighted by molar-refractivity contribution is -0.115. The second-order valence-corrected chi connectivity index (χ2v) is 5.77. The first kappa shape index (κ1) is 15.3. The number of nitrogens with one attached hydrogen (secondary N) is 1. The molecule has 0 radical (unpaired) electrons. The van der Waals surface area contributed by atoms with Crippen molar-refractivity contribution in [2.45, 2.75) is 30.5 Å². The zero-order valence-corrected chi connectivity index (χ0v) is 12.7. The fourth-order valence-electron chi connectivity index (χ4n) is 1.73. The van der Waals surface area contributed by atoms with E-state index in [1.165, 1.54) is 30.2 Å². The molecule has 1 heterocycles. The predicted octanol–water partition coefficient (Wildman–Crippen LogP) is 3.00. The van der Waals surface area contributed by atoms with Gasteiger partial charge in [0.25, 0.3) is 0 Å². The molecule has 0 saturated carbocycles. The smallest absolute Gasteiger partial charge is 0.237 e. The fourth-order valence-corrected chi connectivity index (χ4v) is 2.70. The number of hydrogen-bond donors (Lipinski definition) is 2. The van der Waals surface area contributed by atoms with Crippen LogP contribution in [0.5, 0.6) is 5.75 Å². The third-order valence-corrected chi connectivity index (χ3v) is 4.14. The summed E-state index contributed by atoms with van der Waals surface area (Å²) in [7, 11) is 0. The van der Waals surface area contributed by atoms with Crippen LogP contribution in [0, 0.1) is 6.92 Å². The van der Waals surface area contributed by atoms with E-state index in [1.807, 2.05) is 19.9 Å². The number of aromatic hydroxyl groups is 1. The molecule has 1 aromatic heterocycles. The molecular weight excluding hydrogens is 286 g/mol. The average molecular weight is 303 g/mol. The number of aryl methyl sites for hydroxylation is 1. The van der Waals surface area contributed by atoms with Crippen molar-refractivity contribution in [2.75, 3.05) is 5.32 Å². The number of amides is 1. The van der Waals surface area contributed by atoms with E-state index in [0.717, 1.165) is 10.7 Å². The van der Waals surface area contributed by atoms with Crippen LogP contribution >= 0.6 is 11.8 Å². The van der Waals surface area contributed by atoms with Crippen molar-refractivity contribution < 1.29 is 9.90 Å². The largest absolute Gasteiger partial charge is 0.508 e.